The first-order chi connectivity index (χ1) is 8.86. The van der Waals surface area contributed by atoms with Crippen LogP contribution in [0.2, 0.25) is 0 Å². The van der Waals surface area contributed by atoms with Gasteiger partial charge in [-0.3, -0.25) is 4.90 Å². The normalized spacial score (nSPS) is 26.1. The van der Waals surface area contributed by atoms with Crippen LogP contribution in [-0.4, -0.2) is 36.6 Å². The van der Waals surface area contributed by atoms with E-state index in [1.165, 1.54) is 26.1 Å². The maximum atomic E-state index is 3.72. The molecule has 1 N–H and O–H groups in total. The van der Waals surface area contributed by atoms with Crippen molar-refractivity contribution in [2.45, 2.75) is 67.0 Å². The number of nitrogens with zero attached hydrogens (tertiary/aromatic N) is 1. The minimum Gasteiger partial charge on any atom is -0.311 e. The lowest BCUT2D eigenvalue weighted by atomic mass is 9.84. The Morgan fingerprint density at radius 1 is 1.05 bits per heavy atom. The first-order valence-corrected chi connectivity index (χ1v) is 8.34. The predicted molar refractivity (Wildman–Crippen MR) is 85.4 cm³/mol. The maximum absolute atomic E-state index is 3.72. The van der Waals surface area contributed by atoms with Gasteiger partial charge in [0.05, 0.1) is 0 Å². The van der Waals surface area contributed by atoms with Gasteiger partial charge in [0.25, 0.3) is 0 Å². The van der Waals surface area contributed by atoms with Crippen molar-refractivity contribution in [3.05, 3.63) is 0 Å². The summed E-state index contributed by atoms with van der Waals surface area (Å²) in [5.41, 5.74) is 0. The van der Waals surface area contributed by atoms with Crippen molar-refractivity contribution in [3.8, 4) is 0 Å². The first kappa shape index (κ1) is 17.0. The number of nitrogens with one attached hydrogen (secondary N) is 1. The van der Waals surface area contributed by atoms with Gasteiger partial charge in [-0.15, -0.1) is 0 Å². The Hall–Kier alpha value is -0.0800. The highest BCUT2D eigenvalue weighted by Crippen LogP contribution is 2.25. The lowest BCUT2D eigenvalue weighted by Crippen LogP contribution is -2.59. The van der Waals surface area contributed by atoms with Crippen molar-refractivity contribution in [3.63, 3.8) is 0 Å². The average molecular weight is 268 g/mol. The second kappa shape index (κ2) is 7.64. The molecule has 0 aromatic carbocycles. The molecule has 0 aromatic rings. The molecule has 0 aliphatic carbocycles. The Morgan fingerprint density at radius 2 is 1.63 bits per heavy atom. The molecule has 2 heteroatoms. The highest BCUT2D eigenvalue weighted by atomic mass is 15.2. The van der Waals surface area contributed by atoms with Gasteiger partial charge in [0.15, 0.2) is 0 Å². The lowest BCUT2D eigenvalue weighted by molar-refractivity contribution is 0.0603. The van der Waals surface area contributed by atoms with Crippen LogP contribution in [0, 0.1) is 23.7 Å². The summed E-state index contributed by atoms with van der Waals surface area (Å²) >= 11 is 0. The maximum Gasteiger partial charge on any atom is 0.0244 e. The van der Waals surface area contributed by atoms with Crippen LogP contribution in [-0.2, 0) is 0 Å². The van der Waals surface area contributed by atoms with Crippen LogP contribution in [0.25, 0.3) is 0 Å². The smallest absolute Gasteiger partial charge is 0.0244 e. The van der Waals surface area contributed by atoms with Crippen LogP contribution < -0.4 is 5.32 Å². The van der Waals surface area contributed by atoms with E-state index in [1.807, 2.05) is 0 Å². The van der Waals surface area contributed by atoms with Gasteiger partial charge in [0, 0.05) is 31.7 Å². The molecule has 19 heavy (non-hydrogen) atoms. The molecule has 1 heterocycles. The minimum atomic E-state index is 0.690. The van der Waals surface area contributed by atoms with E-state index in [0.29, 0.717) is 12.1 Å². The third-order valence-electron chi connectivity index (χ3n) is 4.96. The largest absolute Gasteiger partial charge is 0.311 e. The zero-order chi connectivity index (χ0) is 14.6. The van der Waals surface area contributed by atoms with Gasteiger partial charge in [0.1, 0.15) is 0 Å². The van der Waals surface area contributed by atoms with Crippen LogP contribution in [0.5, 0.6) is 0 Å². The molecule has 2 unspecified atom stereocenters. The summed E-state index contributed by atoms with van der Waals surface area (Å²) in [6, 6.07) is 1.40. The second-order valence-corrected chi connectivity index (χ2v) is 7.43. The van der Waals surface area contributed by atoms with E-state index in [1.54, 1.807) is 0 Å². The van der Waals surface area contributed by atoms with Gasteiger partial charge in [-0.1, -0.05) is 48.5 Å². The van der Waals surface area contributed by atoms with Crippen LogP contribution in [0.1, 0.15) is 54.9 Å². The molecular formula is C17H36N2. The molecule has 1 saturated heterocycles. The Balaban J connectivity index is 2.72. The number of piperazine rings is 1. The zero-order valence-corrected chi connectivity index (χ0v) is 14.2. The van der Waals surface area contributed by atoms with Crippen LogP contribution in [0.15, 0.2) is 0 Å². The topological polar surface area (TPSA) is 15.3 Å². The summed E-state index contributed by atoms with van der Waals surface area (Å²) < 4.78 is 0. The quantitative estimate of drug-likeness (QED) is 0.791. The summed E-state index contributed by atoms with van der Waals surface area (Å²) in [6.07, 6.45) is 1.25. The Labute approximate surface area is 121 Å². The van der Waals surface area contributed by atoms with Gasteiger partial charge in [-0.05, 0) is 30.1 Å². The van der Waals surface area contributed by atoms with Gasteiger partial charge in [0.2, 0.25) is 0 Å². The van der Waals surface area contributed by atoms with E-state index in [-0.39, 0.29) is 0 Å². The molecule has 2 nitrogen and oxygen atoms in total. The molecule has 0 aromatic heterocycles. The first-order valence-electron chi connectivity index (χ1n) is 8.34. The molecule has 0 spiro atoms. The molecule has 0 radical (unpaired) electrons. The van der Waals surface area contributed by atoms with E-state index in [4.69, 9.17) is 0 Å². The third kappa shape index (κ3) is 4.75. The number of hydrogen-bond acceptors (Lipinski definition) is 2. The SMILES string of the molecule is CCC1CN(CC(C(C)C)C(C)C)C(C(C)C)CN1. The van der Waals surface area contributed by atoms with E-state index in [2.05, 4.69) is 58.7 Å². The summed E-state index contributed by atoms with van der Waals surface area (Å²) in [4.78, 5) is 2.78. The molecule has 1 aliphatic rings. The molecule has 2 atom stereocenters. The van der Waals surface area contributed by atoms with Crippen molar-refractivity contribution < 1.29 is 0 Å². The van der Waals surface area contributed by atoms with E-state index < -0.39 is 0 Å². The Kier molecular flexibility index (Phi) is 6.82. The van der Waals surface area contributed by atoms with Crippen molar-refractivity contribution in [1.29, 1.82) is 0 Å². The minimum absolute atomic E-state index is 0.690. The van der Waals surface area contributed by atoms with Crippen molar-refractivity contribution >= 4 is 0 Å². The predicted octanol–water partition coefficient (Wildman–Crippen LogP) is 3.62. The van der Waals surface area contributed by atoms with E-state index in [9.17, 15) is 0 Å². The van der Waals surface area contributed by atoms with Gasteiger partial charge < -0.3 is 5.32 Å². The number of rotatable bonds is 6. The Morgan fingerprint density at radius 3 is 2.05 bits per heavy atom. The molecular weight excluding hydrogens is 232 g/mol. The summed E-state index contributed by atoms with van der Waals surface area (Å²) in [5.74, 6) is 3.12. The highest BCUT2D eigenvalue weighted by molar-refractivity contribution is 4.89. The fraction of sp³-hybridized carbons (Fsp3) is 1.00. The highest BCUT2D eigenvalue weighted by Gasteiger charge is 2.31. The average Bonchev–Trinajstić information content (AvgIpc) is 2.34. The summed E-state index contributed by atoms with van der Waals surface area (Å²) in [7, 11) is 0. The van der Waals surface area contributed by atoms with Crippen LogP contribution in [0.4, 0.5) is 0 Å². The fourth-order valence-corrected chi connectivity index (χ4v) is 3.50. The van der Waals surface area contributed by atoms with E-state index >= 15 is 0 Å². The lowest BCUT2D eigenvalue weighted by Gasteiger charge is -2.45. The standard InChI is InChI=1S/C17H36N2/c1-8-15-10-19(17(9-18-15)14(6)7)11-16(12(2)3)13(4)5/h12-18H,8-11H2,1-7H3. The van der Waals surface area contributed by atoms with Gasteiger partial charge >= 0.3 is 0 Å². The van der Waals surface area contributed by atoms with E-state index in [0.717, 1.165) is 23.7 Å². The van der Waals surface area contributed by atoms with Gasteiger partial charge in [-0.25, -0.2) is 0 Å². The van der Waals surface area contributed by atoms with Crippen LogP contribution in [0.3, 0.4) is 0 Å². The molecule has 1 rings (SSSR count). The molecule has 0 bridgehead atoms. The molecule has 0 amide bonds. The monoisotopic (exact) mass is 268 g/mol. The molecule has 1 aliphatic heterocycles. The second-order valence-electron chi connectivity index (χ2n) is 7.43. The van der Waals surface area contributed by atoms with Gasteiger partial charge in [-0.2, -0.15) is 0 Å². The third-order valence-corrected chi connectivity index (χ3v) is 4.96. The Bertz CT molecular complexity index is 240. The number of hydrogen-bond donors (Lipinski definition) is 1. The fourth-order valence-electron chi connectivity index (χ4n) is 3.50. The zero-order valence-electron chi connectivity index (χ0n) is 14.2. The molecule has 1 fully saturated rings. The molecule has 114 valence electrons. The summed E-state index contributed by atoms with van der Waals surface area (Å²) in [5, 5.41) is 3.72. The van der Waals surface area contributed by atoms with Crippen molar-refractivity contribution in [1.82, 2.24) is 10.2 Å². The molecule has 0 saturated carbocycles. The van der Waals surface area contributed by atoms with Crippen molar-refractivity contribution in [2.24, 2.45) is 23.7 Å². The van der Waals surface area contributed by atoms with Crippen LogP contribution >= 0.6 is 0 Å². The summed E-state index contributed by atoms with van der Waals surface area (Å²) in [6.45, 7) is 20.2. The van der Waals surface area contributed by atoms with Crippen molar-refractivity contribution in [2.75, 3.05) is 19.6 Å².